The highest BCUT2D eigenvalue weighted by molar-refractivity contribution is 7.99. The van der Waals surface area contributed by atoms with E-state index in [-0.39, 0.29) is 0 Å². The maximum absolute atomic E-state index is 4.49. The minimum atomic E-state index is 0.631. The first-order valence-electron chi connectivity index (χ1n) is 7.62. The van der Waals surface area contributed by atoms with Gasteiger partial charge in [-0.25, -0.2) is 0 Å². The quantitative estimate of drug-likeness (QED) is 0.614. The van der Waals surface area contributed by atoms with Gasteiger partial charge in [-0.15, -0.1) is 10.2 Å². The lowest BCUT2D eigenvalue weighted by molar-refractivity contribution is 0.429. The van der Waals surface area contributed by atoms with Crippen LogP contribution in [0.4, 0.5) is 5.95 Å². The van der Waals surface area contributed by atoms with Crippen molar-refractivity contribution in [2.24, 2.45) is 5.92 Å². The number of rotatable bonds is 5. The first kappa shape index (κ1) is 14.0. The van der Waals surface area contributed by atoms with Crippen LogP contribution in [0.5, 0.6) is 0 Å². The summed E-state index contributed by atoms with van der Waals surface area (Å²) in [5, 5.41) is 10.0. The fourth-order valence-corrected chi connectivity index (χ4v) is 3.48. The maximum atomic E-state index is 4.49. The van der Waals surface area contributed by atoms with E-state index in [9.17, 15) is 0 Å². The largest absolute Gasteiger partial charge is 0.341 e. The molecule has 0 amide bonds. The molecule has 2 fully saturated rings. The van der Waals surface area contributed by atoms with Crippen LogP contribution in [0, 0.1) is 5.92 Å². The molecule has 20 heavy (non-hydrogen) atoms. The lowest BCUT2D eigenvalue weighted by Gasteiger charge is -2.31. The van der Waals surface area contributed by atoms with E-state index in [1.807, 2.05) is 0 Å². The molecule has 0 bridgehead atoms. The van der Waals surface area contributed by atoms with E-state index < -0.39 is 0 Å². The monoisotopic (exact) mass is 292 g/mol. The predicted octanol–water partition coefficient (Wildman–Crippen LogP) is 3.52. The van der Waals surface area contributed by atoms with Crippen molar-refractivity contribution in [3.63, 3.8) is 0 Å². The summed E-state index contributed by atoms with van der Waals surface area (Å²) >= 11 is 1.77. The molecule has 1 aromatic heterocycles. The number of piperidine rings is 1. The molecule has 0 aromatic carbocycles. The van der Waals surface area contributed by atoms with Crippen molar-refractivity contribution in [2.75, 3.05) is 23.7 Å². The van der Waals surface area contributed by atoms with Crippen LogP contribution in [0.25, 0.3) is 0 Å². The minimum Gasteiger partial charge on any atom is -0.341 e. The second-order valence-corrected chi connectivity index (χ2v) is 7.24. The fourth-order valence-electron chi connectivity index (χ4n) is 2.63. The van der Waals surface area contributed by atoms with Gasteiger partial charge in [-0.1, -0.05) is 30.8 Å². The average Bonchev–Trinajstić information content (AvgIpc) is 3.17. The minimum absolute atomic E-state index is 0.631. The summed E-state index contributed by atoms with van der Waals surface area (Å²) in [4.78, 5) is 2.43. The Morgan fingerprint density at radius 3 is 2.55 bits per heavy atom. The third-order valence-electron chi connectivity index (χ3n) is 4.07. The van der Waals surface area contributed by atoms with Gasteiger partial charge in [0.05, 0.1) is 0 Å². The third-order valence-corrected chi connectivity index (χ3v) is 5.25. The van der Waals surface area contributed by atoms with E-state index in [0.717, 1.165) is 35.9 Å². The third kappa shape index (κ3) is 3.03. The van der Waals surface area contributed by atoms with Crippen molar-refractivity contribution < 1.29 is 0 Å². The zero-order chi connectivity index (χ0) is 14.1. The van der Waals surface area contributed by atoms with Crippen molar-refractivity contribution in [1.82, 2.24) is 14.8 Å². The van der Waals surface area contributed by atoms with Crippen LogP contribution in [-0.2, 0) is 0 Å². The first-order valence-corrected chi connectivity index (χ1v) is 8.60. The van der Waals surface area contributed by atoms with Gasteiger partial charge in [0, 0.05) is 24.9 Å². The van der Waals surface area contributed by atoms with Crippen molar-refractivity contribution in [1.29, 1.82) is 0 Å². The predicted molar refractivity (Wildman–Crippen MR) is 84.4 cm³/mol. The molecule has 1 saturated carbocycles. The Morgan fingerprint density at radius 1 is 1.25 bits per heavy atom. The molecule has 2 heterocycles. The topological polar surface area (TPSA) is 34.0 Å². The zero-order valence-corrected chi connectivity index (χ0v) is 13.3. The van der Waals surface area contributed by atoms with Gasteiger partial charge in [-0.2, -0.15) is 0 Å². The van der Waals surface area contributed by atoms with Crippen LogP contribution in [0.1, 0.15) is 45.6 Å². The van der Waals surface area contributed by atoms with Gasteiger partial charge < -0.3 is 4.90 Å². The summed E-state index contributed by atoms with van der Waals surface area (Å²) in [6.07, 6.45) is 5.09. The molecular formula is C15H24N4S. The smallest absolute Gasteiger partial charge is 0.228 e. The normalized spacial score (nSPS) is 20.4. The van der Waals surface area contributed by atoms with Crippen molar-refractivity contribution >= 4 is 17.7 Å². The van der Waals surface area contributed by atoms with E-state index >= 15 is 0 Å². The molecule has 0 N–H and O–H groups in total. The van der Waals surface area contributed by atoms with E-state index in [4.69, 9.17) is 0 Å². The average molecular weight is 292 g/mol. The van der Waals surface area contributed by atoms with Crippen molar-refractivity contribution in [3.8, 4) is 0 Å². The van der Waals surface area contributed by atoms with Gasteiger partial charge >= 0.3 is 0 Å². The molecule has 0 unspecified atom stereocenters. The Kier molecular flexibility index (Phi) is 4.06. The van der Waals surface area contributed by atoms with Crippen molar-refractivity contribution in [2.45, 2.75) is 50.7 Å². The Balaban J connectivity index is 1.78. The molecule has 1 aliphatic heterocycles. The van der Waals surface area contributed by atoms with Gasteiger partial charge in [0.1, 0.15) is 0 Å². The van der Waals surface area contributed by atoms with E-state index in [1.54, 1.807) is 11.8 Å². The Bertz CT molecular complexity index is 484. The van der Waals surface area contributed by atoms with Crippen LogP contribution >= 0.6 is 11.8 Å². The van der Waals surface area contributed by atoms with Gasteiger partial charge in [0.25, 0.3) is 0 Å². The molecule has 4 nitrogen and oxygen atoms in total. The zero-order valence-electron chi connectivity index (χ0n) is 12.5. The molecule has 2 aliphatic rings. The Hall–Kier alpha value is -0.970. The number of aromatic nitrogens is 3. The molecular weight excluding hydrogens is 268 g/mol. The molecule has 1 aromatic rings. The van der Waals surface area contributed by atoms with E-state index in [0.29, 0.717) is 6.04 Å². The standard InChI is InChI=1S/C15H24N4S/c1-11(2)10-20-15-17-16-14(19(15)13-4-5-13)18-8-6-12(3)7-9-18/h12-13H,1,4-10H2,2-3H3. The molecule has 0 atom stereocenters. The SMILES string of the molecule is C=C(C)CSc1nnc(N2CCC(C)CC2)n1C1CC1. The van der Waals surface area contributed by atoms with Gasteiger partial charge in [0.15, 0.2) is 5.16 Å². The van der Waals surface area contributed by atoms with Crippen LogP contribution < -0.4 is 4.90 Å². The summed E-state index contributed by atoms with van der Waals surface area (Å²) in [6.45, 7) is 10.6. The summed E-state index contributed by atoms with van der Waals surface area (Å²) in [5.41, 5.74) is 1.19. The van der Waals surface area contributed by atoms with Crippen LogP contribution in [0.2, 0.25) is 0 Å². The van der Waals surface area contributed by atoms with Gasteiger partial charge in [0.2, 0.25) is 5.95 Å². The number of nitrogens with zero attached hydrogens (tertiary/aromatic N) is 4. The molecule has 3 rings (SSSR count). The highest BCUT2D eigenvalue weighted by atomic mass is 32.2. The first-order chi connectivity index (χ1) is 9.65. The second kappa shape index (κ2) is 5.80. The van der Waals surface area contributed by atoms with E-state index in [2.05, 4.69) is 40.1 Å². The second-order valence-electron chi connectivity index (χ2n) is 6.30. The number of thioether (sulfide) groups is 1. The molecule has 5 heteroatoms. The molecule has 1 saturated heterocycles. The highest BCUT2D eigenvalue weighted by Gasteiger charge is 2.32. The molecule has 0 spiro atoms. The fraction of sp³-hybridized carbons (Fsp3) is 0.733. The molecule has 1 aliphatic carbocycles. The van der Waals surface area contributed by atoms with Gasteiger partial charge in [-0.3, -0.25) is 4.57 Å². The Morgan fingerprint density at radius 2 is 1.95 bits per heavy atom. The van der Waals surface area contributed by atoms with Crippen LogP contribution in [0.15, 0.2) is 17.3 Å². The van der Waals surface area contributed by atoms with E-state index in [1.165, 1.54) is 31.3 Å². The Labute approximate surface area is 125 Å². The van der Waals surface area contributed by atoms with Crippen molar-refractivity contribution in [3.05, 3.63) is 12.2 Å². The van der Waals surface area contributed by atoms with Gasteiger partial charge in [-0.05, 0) is 38.5 Å². The maximum Gasteiger partial charge on any atom is 0.228 e. The highest BCUT2D eigenvalue weighted by Crippen LogP contribution is 2.41. The number of anilines is 1. The number of hydrogen-bond donors (Lipinski definition) is 0. The van der Waals surface area contributed by atoms with Crippen LogP contribution in [-0.4, -0.2) is 33.6 Å². The molecule has 110 valence electrons. The summed E-state index contributed by atoms with van der Waals surface area (Å²) < 4.78 is 2.38. The summed E-state index contributed by atoms with van der Waals surface area (Å²) in [7, 11) is 0. The number of hydrogen-bond acceptors (Lipinski definition) is 4. The summed E-state index contributed by atoms with van der Waals surface area (Å²) in [6, 6.07) is 0.631. The lowest BCUT2D eigenvalue weighted by Crippen LogP contribution is -2.34. The van der Waals surface area contributed by atoms with Crippen LogP contribution in [0.3, 0.4) is 0 Å². The summed E-state index contributed by atoms with van der Waals surface area (Å²) in [5.74, 6) is 2.88. The molecule has 0 radical (unpaired) electrons. The lowest BCUT2D eigenvalue weighted by atomic mass is 10.00.